The lowest BCUT2D eigenvalue weighted by molar-refractivity contribution is 0.581. The molecule has 0 aromatic carbocycles. The third-order valence-corrected chi connectivity index (χ3v) is 5.88. The molecule has 2 N–H and O–H groups in total. The van der Waals surface area contributed by atoms with Gasteiger partial charge in [0.05, 0.1) is 0 Å². The van der Waals surface area contributed by atoms with Crippen molar-refractivity contribution in [3.63, 3.8) is 0 Å². The van der Waals surface area contributed by atoms with Crippen LogP contribution in [0.1, 0.15) is 11.8 Å². The molecule has 0 fully saturated rings. The molecule has 0 spiro atoms. The molecule has 0 unspecified atom stereocenters. The Morgan fingerprint density at radius 2 is 2.20 bits per heavy atom. The minimum atomic E-state index is -3.60. The highest BCUT2D eigenvalue weighted by Gasteiger charge is 2.19. The number of nitrogens with zero attached hydrogens (tertiary/aromatic N) is 1. The Bertz CT molecular complexity index is 686. The minimum Gasteiger partial charge on any atom is -0.369 e. The van der Waals surface area contributed by atoms with Gasteiger partial charge in [-0.2, -0.15) is 0 Å². The van der Waals surface area contributed by atoms with Crippen LogP contribution in [-0.4, -0.2) is 19.9 Å². The average molecular weight is 376 g/mol. The summed E-state index contributed by atoms with van der Waals surface area (Å²) in [6.45, 7) is 2.75. The lowest BCUT2D eigenvalue weighted by Gasteiger charge is -2.10. The van der Waals surface area contributed by atoms with Gasteiger partial charge in [-0.15, -0.1) is 11.3 Å². The van der Waals surface area contributed by atoms with E-state index in [0.29, 0.717) is 12.4 Å². The molecule has 0 aliphatic heterocycles. The van der Waals surface area contributed by atoms with E-state index in [-0.39, 0.29) is 11.4 Å². The van der Waals surface area contributed by atoms with Gasteiger partial charge >= 0.3 is 0 Å². The second kappa shape index (κ2) is 6.66. The van der Waals surface area contributed by atoms with Crippen molar-refractivity contribution in [3.05, 3.63) is 39.1 Å². The van der Waals surface area contributed by atoms with Crippen molar-refractivity contribution in [2.75, 3.05) is 11.9 Å². The Balaban J connectivity index is 2.20. The lowest BCUT2D eigenvalue weighted by Crippen LogP contribution is -2.24. The average Bonchev–Trinajstić information content (AvgIpc) is 2.83. The molecule has 8 heteroatoms. The first-order chi connectivity index (χ1) is 9.54. The van der Waals surface area contributed by atoms with Crippen LogP contribution in [0.2, 0.25) is 0 Å². The molecule has 0 aliphatic carbocycles. The van der Waals surface area contributed by atoms with Crippen molar-refractivity contribution in [1.29, 1.82) is 0 Å². The molecule has 0 bridgehead atoms. The number of nitrogens with one attached hydrogen (secondary N) is 2. The summed E-state index contributed by atoms with van der Waals surface area (Å²) in [6, 6.07) is 5.04. The van der Waals surface area contributed by atoms with Gasteiger partial charge in [-0.25, -0.2) is 18.1 Å². The highest BCUT2D eigenvalue weighted by molar-refractivity contribution is 9.10. The summed E-state index contributed by atoms with van der Waals surface area (Å²) in [5.41, 5.74) is 0. The summed E-state index contributed by atoms with van der Waals surface area (Å²) in [5.74, 6) is 0.368. The predicted octanol–water partition coefficient (Wildman–Crippen LogP) is 2.82. The maximum atomic E-state index is 12.3. The van der Waals surface area contributed by atoms with Crippen LogP contribution in [0.3, 0.4) is 0 Å². The second-order valence-electron chi connectivity index (χ2n) is 3.90. The molecule has 0 radical (unpaired) electrons. The molecule has 20 heavy (non-hydrogen) atoms. The van der Waals surface area contributed by atoms with Gasteiger partial charge in [-0.3, -0.25) is 0 Å². The highest BCUT2D eigenvalue weighted by Crippen LogP contribution is 2.23. The normalized spacial score (nSPS) is 11.5. The number of pyridine rings is 1. The summed E-state index contributed by atoms with van der Waals surface area (Å²) >= 11 is 4.88. The van der Waals surface area contributed by atoms with E-state index in [4.69, 9.17) is 0 Å². The summed E-state index contributed by atoms with van der Waals surface area (Å²) in [5, 5.41) is 4.85. The van der Waals surface area contributed by atoms with Crippen molar-refractivity contribution in [2.24, 2.45) is 0 Å². The Morgan fingerprint density at radius 3 is 2.85 bits per heavy atom. The molecule has 108 valence electrons. The van der Waals surface area contributed by atoms with Gasteiger partial charge in [-0.05, 0) is 46.4 Å². The first-order valence-corrected chi connectivity index (χ1v) is 9.10. The van der Waals surface area contributed by atoms with E-state index in [9.17, 15) is 8.42 Å². The number of sulfonamides is 1. The molecule has 0 atom stereocenters. The molecule has 2 aromatic rings. The number of rotatable bonds is 6. The fourth-order valence-corrected chi connectivity index (χ4v) is 4.25. The van der Waals surface area contributed by atoms with Gasteiger partial charge in [-0.1, -0.05) is 0 Å². The molecule has 2 rings (SSSR count). The van der Waals surface area contributed by atoms with Gasteiger partial charge < -0.3 is 5.32 Å². The first-order valence-electron chi connectivity index (χ1n) is 5.95. The molecule has 0 aliphatic rings. The van der Waals surface area contributed by atoms with Gasteiger partial charge in [0.1, 0.15) is 10.7 Å². The number of aromatic nitrogens is 1. The molecule has 0 saturated heterocycles. The molecule has 0 saturated carbocycles. The minimum absolute atomic E-state index is 0.162. The number of hydrogen-bond acceptors (Lipinski definition) is 5. The molecular weight excluding hydrogens is 362 g/mol. The zero-order valence-electron chi connectivity index (χ0n) is 10.8. The Kier molecular flexibility index (Phi) is 5.14. The van der Waals surface area contributed by atoms with E-state index in [1.165, 1.54) is 17.4 Å². The summed E-state index contributed by atoms with van der Waals surface area (Å²) in [4.78, 5) is 5.15. The zero-order chi connectivity index (χ0) is 14.6. The van der Waals surface area contributed by atoms with Crippen molar-refractivity contribution in [3.8, 4) is 0 Å². The third-order valence-electron chi connectivity index (χ3n) is 2.52. The van der Waals surface area contributed by atoms with Crippen LogP contribution >= 0.6 is 27.3 Å². The summed E-state index contributed by atoms with van der Waals surface area (Å²) in [6.07, 6.45) is 1.56. The topological polar surface area (TPSA) is 71.1 Å². The van der Waals surface area contributed by atoms with E-state index in [1.807, 2.05) is 18.4 Å². The molecular formula is C12H14BrN3O2S2. The van der Waals surface area contributed by atoms with Gasteiger partial charge in [0.2, 0.25) is 10.0 Å². The first kappa shape index (κ1) is 15.4. The van der Waals surface area contributed by atoms with Crippen molar-refractivity contribution in [2.45, 2.75) is 18.4 Å². The van der Waals surface area contributed by atoms with Crippen LogP contribution in [0, 0.1) is 0 Å². The molecule has 5 nitrogen and oxygen atoms in total. The fourth-order valence-electron chi connectivity index (χ4n) is 1.60. The Labute approximate surface area is 130 Å². The largest absolute Gasteiger partial charge is 0.369 e. The van der Waals surface area contributed by atoms with Gasteiger partial charge in [0, 0.05) is 28.6 Å². The van der Waals surface area contributed by atoms with Crippen LogP contribution in [0.4, 0.5) is 5.82 Å². The maximum absolute atomic E-state index is 12.3. The number of thiophene rings is 1. The van der Waals surface area contributed by atoms with E-state index in [0.717, 1.165) is 9.35 Å². The molecule has 2 heterocycles. The van der Waals surface area contributed by atoms with E-state index in [2.05, 4.69) is 31.0 Å². The zero-order valence-corrected chi connectivity index (χ0v) is 14.0. The second-order valence-corrected chi connectivity index (χ2v) is 7.49. The summed E-state index contributed by atoms with van der Waals surface area (Å²) in [7, 11) is -3.60. The van der Waals surface area contributed by atoms with E-state index >= 15 is 0 Å². The monoisotopic (exact) mass is 375 g/mol. The predicted molar refractivity (Wildman–Crippen MR) is 84.4 cm³/mol. The van der Waals surface area contributed by atoms with E-state index in [1.54, 1.807) is 12.3 Å². The molecule has 2 aromatic heterocycles. The van der Waals surface area contributed by atoms with Crippen LogP contribution in [0.25, 0.3) is 0 Å². The van der Waals surface area contributed by atoms with Gasteiger partial charge in [0.15, 0.2) is 0 Å². The van der Waals surface area contributed by atoms with Crippen molar-refractivity contribution in [1.82, 2.24) is 9.71 Å². The van der Waals surface area contributed by atoms with Crippen molar-refractivity contribution >= 4 is 43.1 Å². The van der Waals surface area contributed by atoms with Crippen LogP contribution in [0.5, 0.6) is 0 Å². The Hall–Kier alpha value is -0.960. The Morgan fingerprint density at radius 1 is 1.40 bits per heavy atom. The van der Waals surface area contributed by atoms with Gasteiger partial charge in [0.25, 0.3) is 0 Å². The summed E-state index contributed by atoms with van der Waals surface area (Å²) < 4.78 is 28.2. The maximum Gasteiger partial charge on any atom is 0.244 e. The number of halogens is 1. The number of anilines is 1. The van der Waals surface area contributed by atoms with Crippen molar-refractivity contribution < 1.29 is 8.42 Å². The lowest BCUT2D eigenvalue weighted by atomic mass is 10.4. The van der Waals surface area contributed by atoms with Crippen LogP contribution in [-0.2, 0) is 16.6 Å². The SMILES string of the molecule is CCNc1ncccc1S(=O)(=O)NCc1sccc1Br. The highest BCUT2D eigenvalue weighted by atomic mass is 79.9. The number of hydrogen-bond donors (Lipinski definition) is 2. The van der Waals surface area contributed by atoms with Crippen LogP contribution in [0.15, 0.2) is 39.1 Å². The third kappa shape index (κ3) is 3.57. The van der Waals surface area contributed by atoms with E-state index < -0.39 is 10.0 Å². The van der Waals surface area contributed by atoms with Crippen LogP contribution < -0.4 is 10.0 Å². The fraction of sp³-hybridized carbons (Fsp3) is 0.250. The smallest absolute Gasteiger partial charge is 0.244 e. The molecule has 0 amide bonds. The quantitative estimate of drug-likeness (QED) is 0.814. The standard InChI is InChI=1S/C12H14BrN3O2S2/c1-2-14-12-11(4-3-6-15-12)20(17,18)16-8-10-9(13)5-7-19-10/h3-7,16H,2,8H2,1H3,(H,14,15).